The highest BCUT2D eigenvalue weighted by molar-refractivity contribution is 5.77. The first kappa shape index (κ1) is 27.6. The van der Waals surface area contributed by atoms with Crippen molar-refractivity contribution in [1.82, 2.24) is 30.5 Å². The smallest absolute Gasteiger partial charge is 0.378 e. The first-order valence-corrected chi connectivity index (χ1v) is 11.5. The number of hydrogen-bond acceptors (Lipinski definition) is 9. The third kappa shape index (κ3) is 6.32. The van der Waals surface area contributed by atoms with Crippen molar-refractivity contribution in [2.45, 2.75) is 50.2 Å². The number of piperazine rings is 1. The number of nitrogens with zero attached hydrogens (tertiary/aromatic N) is 5. The zero-order chi connectivity index (χ0) is 27.7. The van der Waals surface area contributed by atoms with Gasteiger partial charge in [-0.15, -0.1) is 0 Å². The number of H-pyrrole nitrogens is 1. The second-order valence-electron chi connectivity index (χ2n) is 9.10. The number of alkyl halides is 6. The minimum atomic E-state index is -4.89. The predicted molar refractivity (Wildman–Crippen MR) is 120 cm³/mol. The second-order valence-corrected chi connectivity index (χ2v) is 9.10. The standard InChI is InChI=1S/C21H24F6N8O3/c1-11(31-15-6-30-32-18(37)17(15)21(25,26)27)10-38-33-16(36)9-35-13-2-3-14(35)8-34(7-13)19-28-4-12(5-29-19)20(22,23)24/h4-6,11,13-14H,2-3,7-10H2,1H3,(H,33,36)(H2,31,32,37). The number of carbonyl (C=O) groups is 1. The summed E-state index contributed by atoms with van der Waals surface area (Å²) in [6.07, 6.45) is -5.53. The number of rotatable bonds is 8. The van der Waals surface area contributed by atoms with E-state index in [0.717, 1.165) is 31.4 Å². The van der Waals surface area contributed by atoms with Crippen LogP contribution in [-0.2, 0) is 22.0 Å². The number of carbonyl (C=O) groups excluding carboxylic acids is 1. The summed E-state index contributed by atoms with van der Waals surface area (Å²) in [5, 5.41) is 7.61. The van der Waals surface area contributed by atoms with Gasteiger partial charge in [-0.25, -0.2) is 20.5 Å². The SMILES string of the molecule is CC(CONC(=O)CN1C2CCC1CN(c1ncc(C(F)(F)F)cn1)C2)Nc1cn[nH]c(=O)c1C(F)(F)F. The molecule has 38 heavy (non-hydrogen) atoms. The highest BCUT2D eigenvalue weighted by atomic mass is 19.4. The highest BCUT2D eigenvalue weighted by Gasteiger charge is 2.42. The number of nitrogens with one attached hydrogen (secondary N) is 3. The van der Waals surface area contributed by atoms with Crippen LogP contribution >= 0.6 is 0 Å². The van der Waals surface area contributed by atoms with Crippen molar-refractivity contribution in [2.75, 3.05) is 36.5 Å². The molecule has 3 N–H and O–H groups in total. The number of hydroxylamine groups is 1. The Labute approximate surface area is 211 Å². The maximum atomic E-state index is 13.2. The summed E-state index contributed by atoms with van der Waals surface area (Å²) in [7, 11) is 0. The number of fused-ring (bicyclic) bond motifs is 2. The van der Waals surface area contributed by atoms with E-state index in [4.69, 9.17) is 4.84 Å². The maximum Gasteiger partial charge on any atom is 0.423 e. The Balaban J connectivity index is 1.25. The van der Waals surface area contributed by atoms with E-state index in [1.807, 2.05) is 4.90 Å². The van der Waals surface area contributed by atoms with Crippen LogP contribution in [0.1, 0.15) is 30.9 Å². The summed E-state index contributed by atoms with van der Waals surface area (Å²) in [6.45, 7) is 2.15. The molecule has 208 valence electrons. The van der Waals surface area contributed by atoms with Gasteiger partial charge in [0.05, 0.1) is 30.6 Å². The lowest BCUT2D eigenvalue weighted by atomic mass is 10.2. The maximum absolute atomic E-state index is 13.2. The van der Waals surface area contributed by atoms with Crippen molar-refractivity contribution >= 4 is 17.5 Å². The average Bonchev–Trinajstić information content (AvgIpc) is 3.04. The molecular weight excluding hydrogens is 526 g/mol. The number of aromatic nitrogens is 4. The van der Waals surface area contributed by atoms with Gasteiger partial charge in [0.2, 0.25) is 5.95 Å². The summed E-state index contributed by atoms with van der Waals surface area (Å²) in [4.78, 5) is 40.6. The lowest BCUT2D eigenvalue weighted by Crippen LogP contribution is -2.56. The molecule has 2 fully saturated rings. The van der Waals surface area contributed by atoms with Crippen LogP contribution in [0, 0.1) is 0 Å². The van der Waals surface area contributed by atoms with Crippen LogP contribution in [0.15, 0.2) is 23.4 Å². The molecule has 17 heteroatoms. The third-order valence-corrected chi connectivity index (χ3v) is 6.27. The van der Waals surface area contributed by atoms with Crippen LogP contribution in [0.5, 0.6) is 0 Å². The fourth-order valence-electron chi connectivity index (χ4n) is 4.58. The zero-order valence-corrected chi connectivity index (χ0v) is 19.9. The molecule has 0 saturated carbocycles. The van der Waals surface area contributed by atoms with Crippen molar-refractivity contribution < 1.29 is 36.0 Å². The van der Waals surface area contributed by atoms with Gasteiger partial charge in [-0.05, 0) is 19.8 Å². The number of aromatic amines is 1. The van der Waals surface area contributed by atoms with Crippen LogP contribution in [0.2, 0.25) is 0 Å². The third-order valence-electron chi connectivity index (χ3n) is 6.27. The minimum absolute atomic E-state index is 0.00491. The molecule has 11 nitrogen and oxygen atoms in total. The number of anilines is 2. The van der Waals surface area contributed by atoms with Crippen LogP contribution in [0.25, 0.3) is 0 Å². The first-order chi connectivity index (χ1) is 17.8. The van der Waals surface area contributed by atoms with Crippen LogP contribution in [0.3, 0.4) is 0 Å². The van der Waals surface area contributed by atoms with Gasteiger partial charge in [0.15, 0.2) is 0 Å². The molecule has 2 aliphatic rings. The van der Waals surface area contributed by atoms with E-state index in [0.29, 0.717) is 13.1 Å². The molecule has 0 aliphatic carbocycles. The number of halogens is 6. The summed E-state index contributed by atoms with van der Waals surface area (Å²) < 4.78 is 77.8. The summed E-state index contributed by atoms with van der Waals surface area (Å²) >= 11 is 0. The molecule has 4 heterocycles. The van der Waals surface area contributed by atoms with Gasteiger partial charge in [0.25, 0.3) is 11.5 Å². The van der Waals surface area contributed by atoms with Gasteiger partial charge in [-0.3, -0.25) is 19.3 Å². The molecular formula is C21H24F6N8O3. The molecule has 2 aromatic heterocycles. The average molecular weight is 550 g/mol. The Morgan fingerprint density at radius 2 is 1.74 bits per heavy atom. The van der Waals surface area contributed by atoms with Gasteiger partial charge in [-0.1, -0.05) is 0 Å². The van der Waals surface area contributed by atoms with E-state index in [-0.39, 0.29) is 31.2 Å². The molecule has 2 aliphatic heterocycles. The van der Waals surface area contributed by atoms with E-state index in [9.17, 15) is 35.9 Å². The lowest BCUT2D eigenvalue weighted by molar-refractivity contribution is -0.139. The Morgan fingerprint density at radius 1 is 1.11 bits per heavy atom. The first-order valence-electron chi connectivity index (χ1n) is 11.5. The summed E-state index contributed by atoms with van der Waals surface area (Å²) in [6, 6.07) is -0.811. The number of hydrogen-bond donors (Lipinski definition) is 3. The van der Waals surface area contributed by atoms with Crippen LogP contribution < -0.4 is 21.3 Å². The molecule has 0 spiro atoms. The van der Waals surface area contributed by atoms with Crippen molar-refractivity contribution in [3.8, 4) is 0 Å². The van der Waals surface area contributed by atoms with E-state index in [1.54, 1.807) is 10.00 Å². The quantitative estimate of drug-likeness (QED) is 0.333. The van der Waals surface area contributed by atoms with Gasteiger partial charge >= 0.3 is 12.4 Å². The van der Waals surface area contributed by atoms with Crippen molar-refractivity contribution in [2.24, 2.45) is 0 Å². The largest absolute Gasteiger partial charge is 0.423 e. The van der Waals surface area contributed by atoms with Crippen LogP contribution in [0.4, 0.5) is 38.0 Å². The van der Waals surface area contributed by atoms with Crippen molar-refractivity contribution in [3.63, 3.8) is 0 Å². The molecule has 3 atom stereocenters. The topological polar surface area (TPSA) is 128 Å². The van der Waals surface area contributed by atoms with Gasteiger partial charge in [0, 0.05) is 43.6 Å². The predicted octanol–water partition coefficient (Wildman–Crippen LogP) is 1.80. The summed E-state index contributed by atoms with van der Waals surface area (Å²) in [5.74, 6) is -0.282. The Hall–Kier alpha value is -3.47. The zero-order valence-electron chi connectivity index (χ0n) is 19.9. The fourth-order valence-corrected chi connectivity index (χ4v) is 4.58. The Kier molecular flexibility index (Phi) is 7.78. The van der Waals surface area contributed by atoms with Gasteiger partial charge in [0.1, 0.15) is 5.56 Å². The second kappa shape index (κ2) is 10.7. The molecule has 4 rings (SSSR count). The number of amides is 1. The molecule has 2 aromatic rings. The van der Waals surface area contributed by atoms with E-state index in [1.165, 1.54) is 6.92 Å². The van der Waals surface area contributed by atoms with Crippen molar-refractivity contribution in [3.05, 3.63) is 40.1 Å². The van der Waals surface area contributed by atoms with Gasteiger partial charge in [-0.2, -0.15) is 31.4 Å². The fraction of sp³-hybridized carbons (Fsp3) is 0.571. The van der Waals surface area contributed by atoms with E-state index in [2.05, 4.69) is 25.9 Å². The highest BCUT2D eigenvalue weighted by Crippen LogP contribution is 2.33. The molecule has 2 saturated heterocycles. The molecule has 2 bridgehead atoms. The molecule has 3 unspecified atom stereocenters. The van der Waals surface area contributed by atoms with Gasteiger partial charge < -0.3 is 10.2 Å². The monoisotopic (exact) mass is 550 g/mol. The van der Waals surface area contributed by atoms with E-state index >= 15 is 0 Å². The summed E-state index contributed by atoms with van der Waals surface area (Å²) in [5.41, 5.74) is -1.99. The Bertz CT molecular complexity index is 1180. The van der Waals surface area contributed by atoms with Crippen molar-refractivity contribution in [1.29, 1.82) is 0 Å². The van der Waals surface area contributed by atoms with Crippen LogP contribution in [-0.4, -0.2) is 75.3 Å². The Morgan fingerprint density at radius 3 is 2.32 bits per heavy atom. The minimum Gasteiger partial charge on any atom is -0.378 e. The molecule has 1 amide bonds. The lowest BCUT2D eigenvalue weighted by Gasteiger charge is -2.40. The normalized spacial score (nSPS) is 20.9. The van der Waals surface area contributed by atoms with E-state index < -0.39 is 46.7 Å². The molecule has 0 radical (unpaired) electrons. The molecule has 0 aromatic carbocycles.